The Labute approximate surface area is 300 Å². The van der Waals surface area contributed by atoms with Crippen LogP contribution >= 0.6 is 0 Å². The highest BCUT2D eigenvalue weighted by molar-refractivity contribution is 5.88. The van der Waals surface area contributed by atoms with E-state index in [0.29, 0.717) is 37.7 Å². The minimum absolute atomic E-state index is 0.000334. The Bertz CT molecular complexity index is 1460. The fraction of sp³-hybridized carbons (Fsp3) is 0.767. The number of carbonyl (C=O) groups excluding carboxylic acids is 1. The molecule has 1 aromatic carbocycles. The number of aliphatic carboxylic acids is 1. The van der Waals surface area contributed by atoms with Crippen LogP contribution in [0.15, 0.2) is 36.6 Å². The molecule has 5 aliphatic carbocycles. The summed E-state index contributed by atoms with van der Waals surface area (Å²) in [5.74, 6) is 0.879. The van der Waals surface area contributed by atoms with E-state index >= 15 is 0 Å². The molecule has 0 radical (unpaired) electrons. The Kier molecular flexibility index (Phi) is 9.87. The lowest BCUT2D eigenvalue weighted by Crippen LogP contribution is -2.67. The fourth-order valence-corrected chi connectivity index (χ4v) is 13.4. The average molecular weight is 694 g/mol. The zero-order valence-electron chi connectivity index (χ0n) is 31.8. The summed E-state index contributed by atoms with van der Waals surface area (Å²) in [4.78, 5) is 27.1. The maximum atomic E-state index is 14.7. The van der Waals surface area contributed by atoms with Crippen LogP contribution in [-0.2, 0) is 20.7 Å². The zero-order valence-corrected chi connectivity index (χ0v) is 31.8. The maximum Gasteiger partial charge on any atom is 0.326 e. The number of aliphatic hydroxyl groups is 1. The first kappa shape index (κ1) is 37.4. The van der Waals surface area contributed by atoms with E-state index in [9.17, 15) is 24.2 Å². The number of hydrogen-bond donors (Lipinski definition) is 3. The molecule has 5 aliphatic rings. The van der Waals surface area contributed by atoms with Crippen LogP contribution < -0.4 is 5.32 Å². The third-order valence-electron chi connectivity index (χ3n) is 16.2. The van der Waals surface area contributed by atoms with Crippen LogP contribution in [0.1, 0.15) is 125 Å². The van der Waals surface area contributed by atoms with Gasteiger partial charge in [0.2, 0.25) is 5.91 Å². The number of benzene rings is 1. The highest BCUT2D eigenvalue weighted by Gasteiger charge is 2.72. The van der Waals surface area contributed by atoms with Crippen molar-refractivity contribution in [1.29, 1.82) is 0 Å². The van der Waals surface area contributed by atoms with E-state index in [1.807, 2.05) is 13.8 Å². The molecule has 0 spiro atoms. The van der Waals surface area contributed by atoms with Gasteiger partial charge in [0, 0.05) is 12.3 Å². The van der Waals surface area contributed by atoms with Crippen LogP contribution in [0.25, 0.3) is 0 Å². The van der Waals surface area contributed by atoms with Gasteiger partial charge in [-0.2, -0.15) is 0 Å². The standard InChI is InChI=1S/C43H64FNO5/c1-26(2)25-32(37(47)48)45-38(49)43-21-15-30(27(3)50-24-18-28-9-11-29(44)12-10-28)36(43)31-13-14-34-40(6)19-17-35(46)39(4,5)33(40)16-20-42(34,8)41(31,7)22-23-43/h9-12,26,30-36,46H,3,13-25H2,1-2,4-8H3,(H,45,49)(H,47,48)/t30-,31+,32?,33-,34+,35-,36+,40-,41+,42+,43-/m0/s1. The van der Waals surface area contributed by atoms with E-state index in [2.05, 4.69) is 46.5 Å². The second kappa shape index (κ2) is 13.2. The summed E-state index contributed by atoms with van der Waals surface area (Å²) in [6.45, 7) is 21.2. The predicted octanol–water partition coefficient (Wildman–Crippen LogP) is 8.96. The molecular formula is C43H64FNO5. The monoisotopic (exact) mass is 693 g/mol. The van der Waals surface area contributed by atoms with Crippen molar-refractivity contribution in [2.45, 2.75) is 138 Å². The Morgan fingerprint density at radius 2 is 1.62 bits per heavy atom. The lowest BCUT2D eigenvalue weighted by Gasteiger charge is -2.72. The van der Waals surface area contributed by atoms with Gasteiger partial charge in [-0.1, -0.05) is 67.2 Å². The molecule has 6 rings (SSSR count). The Hall–Kier alpha value is -2.41. The van der Waals surface area contributed by atoms with Crippen molar-refractivity contribution < 1.29 is 28.9 Å². The second-order valence-corrected chi connectivity index (χ2v) is 19.1. The van der Waals surface area contributed by atoms with Crippen LogP contribution in [0.4, 0.5) is 4.39 Å². The first-order valence-corrected chi connectivity index (χ1v) is 19.7. The van der Waals surface area contributed by atoms with E-state index < -0.39 is 17.4 Å². The SMILES string of the molecule is C=C(OCCc1ccc(F)cc1)[C@@H]1CC[C@]2(C(=O)NC(CC(C)C)C(=O)O)CC[C@]3(C)[C@H](CC[C@@H]4[C@@]5(C)CC[C@H](O)C(C)(C)[C@@H]5CC[C@]43C)[C@@H]12. The van der Waals surface area contributed by atoms with Crippen LogP contribution in [-0.4, -0.2) is 40.8 Å². The number of rotatable bonds is 10. The molecule has 0 saturated heterocycles. The van der Waals surface area contributed by atoms with Crippen LogP contribution in [0.5, 0.6) is 0 Å². The molecule has 0 bridgehead atoms. The van der Waals surface area contributed by atoms with E-state index in [0.717, 1.165) is 69.1 Å². The minimum atomic E-state index is -0.970. The van der Waals surface area contributed by atoms with Gasteiger partial charge in [0.15, 0.2) is 0 Å². The van der Waals surface area contributed by atoms with Gasteiger partial charge in [-0.05, 0) is 140 Å². The molecule has 0 heterocycles. The smallest absolute Gasteiger partial charge is 0.326 e. The number of carboxylic acids is 1. The lowest BCUT2D eigenvalue weighted by molar-refractivity contribution is -0.247. The van der Waals surface area contributed by atoms with Crippen molar-refractivity contribution >= 4 is 11.9 Å². The van der Waals surface area contributed by atoms with Crippen molar-refractivity contribution in [3.05, 3.63) is 48.0 Å². The van der Waals surface area contributed by atoms with Gasteiger partial charge in [-0.15, -0.1) is 0 Å². The number of carboxylic acid groups (broad SMARTS) is 1. The van der Waals surface area contributed by atoms with Crippen LogP contribution in [0, 0.1) is 68.4 Å². The largest absolute Gasteiger partial charge is 0.498 e. The van der Waals surface area contributed by atoms with Gasteiger partial charge in [-0.25, -0.2) is 9.18 Å². The van der Waals surface area contributed by atoms with Gasteiger partial charge in [0.05, 0.1) is 23.9 Å². The van der Waals surface area contributed by atoms with Crippen LogP contribution in [0.2, 0.25) is 0 Å². The van der Waals surface area contributed by atoms with Crippen LogP contribution in [0.3, 0.4) is 0 Å². The molecule has 6 nitrogen and oxygen atoms in total. The second-order valence-electron chi connectivity index (χ2n) is 19.1. The highest BCUT2D eigenvalue weighted by atomic mass is 19.1. The van der Waals surface area contributed by atoms with Gasteiger partial charge in [0.25, 0.3) is 0 Å². The molecule has 0 aromatic heterocycles. The van der Waals surface area contributed by atoms with Crippen molar-refractivity contribution in [2.75, 3.05) is 6.61 Å². The van der Waals surface area contributed by atoms with Crippen molar-refractivity contribution in [1.82, 2.24) is 5.32 Å². The van der Waals surface area contributed by atoms with Crippen molar-refractivity contribution in [2.24, 2.45) is 62.6 Å². The third kappa shape index (κ3) is 5.84. The predicted molar refractivity (Wildman–Crippen MR) is 194 cm³/mol. The van der Waals surface area contributed by atoms with Gasteiger partial charge in [0.1, 0.15) is 11.9 Å². The Morgan fingerprint density at radius 3 is 2.28 bits per heavy atom. The van der Waals surface area contributed by atoms with Gasteiger partial charge in [-0.3, -0.25) is 4.79 Å². The molecule has 0 aliphatic heterocycles. The summed E-state index contributed by atoms with van der Waals surface area (Å²) in [6, 6.07) is 5.62. The number of ether oxygens (including phenoxy) is 1. The molecule has 7 heteroatoms. The zero-order chi connectivity index (χ0) is 36.4. The highest BCUT2D eigenvalue weighted by Crippen LogP contribution is 2.77. The van der Waals surface area contributed by atoms with Gasteiger partial charge >= 0.3 is 5.97 Å². The van der Waals surface area contributed by atoms with Crippen molar-refractivity contribution in [3.8, 4) is 0 Å². The molecule has 1 unspecified atom stereocenters. The van der Waals surface area contributed by atoms with Crippen molar-refractivity contribution in [3.63, 3.8) is 0 Å². The van der Waals surface area contributed by atoms with E-state index in [1.165, 1.54) is 12.1 Å². The summed E-state index contributed by atoms with van der Waals surface area (Å²) >= 11 is 0. The number of fused-ring (bicyclic) bond motifs is 7. The summed E-state index contributed by atoms with van der Waals surface area (Å²) in [7, 11) is 0. The normalized spacial score (nSPS) is 40.8. The number of aliphatic hydroxyl groups excluding tert-OH is 1. The number of amides is 1. The van der Waals surface area contributed by atoms with E-state index in [-0.39, 0.29) is 63.2 Å². The Balaban J connectivity index is 1.32. The number of carbonyl (C=O) groups is 2. The van der Waals surface area contributed by atoms with Gasteiger partial charge < -0.3 is 20.3 Å². The summed E-state index contributed by atoms with van der Waals surface area (Å²) in [5, 5.41) is 24.3. The molecule has 3 N–H and O–H groups in total. The molecule has 1 aromatic rings. The summed E-state index contributed by atoms with van der Waals surface area (Å²) in [5.41, 5.74) is 0.472. The first-order valence-electron chi connectivity index (χ1n) is 19.7. The minimum Gasteiger partial charge on any atom is -0.498 e. The molecule has 278 valence electrons. The number of nitrogens with one attached hydrogen (secondary N) is 1. The molecule has 11 atom stereocenters. The number of hydrogen-bond acceptors (Lipinski definition) is 4. The lowest BCUT2D eigenvalue weighted by atomic mass is 9.32. The number of halogens is 1. The quantitative estimate of drug-likeness (QED) is 0.213. The average Bonchev–Trinajstić information content (AvgIpc) is 3.45. The summed E-state index contributed by atoms with van der Waals surface area (Å²) in [6.07, 6.45) is 10.3. The molecule has 5 fully saturated rings. The molecule has 1 amide bonds. The maximum absolute atomic E-state index is 14.7. The molecule has 5 saturated carbocycles. The molecule has 50 heavy (non-hydrogen) atoms. The summed E-state index contributed by atoms with van der Waals surface area (Å²) < 4.78 is 19.9. The van der Waals surface area contributed by atoms with E-state index in [4.69, 9.17) is 4.74 Å². The van der Waals surface area contributed by atoms with E-state index in [1.54, 1.807) is 12.1 Å². The Morgan fingerprint density at radius 1 is 0.920 bits per heavy atom. The molecular weight excluding hydrogens is 629 g/mol. The number of allylic oxidation sites excluding steroid dienone is 1. The topological polar surface area (TPSA) is 95.9 Å². The third-order valence-corrected chi connectivity index (χ3v) is 16.2. The fourth-order valence-electron chi connectivity index (χ4n) is 13.4. The first-order chi connectivity index (χ1) is 23.4.